The fraction of sp³-hybridized carbons (Fsp3) is 0.875. The average Bonchev–Trinajstić information content (AvgIpc) is 1.84. The van der Waals surface area contributed by atoms with E-state index < -0.39 is 0 Å². The van der Waals surface area contributed by atoms with Gasteiger partial charge in [-0.2, -0.15) is 0 Å². The predicted octanol–water partition coefficient (Wildman–Crippen LogP) is 1.59. The van der Waals surface area contributed by atoms with Crippen LogP contribution in [-0.4, -0.2) is 12.1 Å². The Balaban J connectivity index is 2.54. The summed E-state index contributed by atoms with van der Waals surface area (Å²) in [6, 6.07) is 0. The highest BCUT2D eigenvalue weighted by Gasteiger charge is 2.29. The number of rotatable bonds is 0. The summed E-state index contributed by atoms with van der Waals surface area (Å²) in [5, 5.41) is 0. The van der Waals surface area contributed by atoms with E-state index in [0.717, 1.165) is 6.42 Å². The molecule has 0 N–H and O–H groups in total. The molecule has 10 heavy (non-hydrogen) atoms. The maximum absolute atomic E-state index is 10.9. The molecule has 0 aromatic rings. The van der Waals surface area contributed by atoms with E-state index in [1.807, 2.05) is 13.8 Å². The first-order chi connectivity index (χ1) is 4.61. The van der Waals surface area contributed by atoms with E-state index >= 15 is 0 Å². The number of ether oxygens (including phenoxy) is 1. The molecule has 0 spiro atoms. The lowest BCUT2D eigenvalue weighted by molar-refractivity contribution is -0.162. The van der Waals surface area contributed by atoms with Crippen molar-refractivity contribution in [2.75, 3.05) is 0 Å². The van der Waals surface area contributed by atoms with Crippen LogP contribution in [0.5, 0.6) is 0 Å². The van der Waals surface area contributed by atoms with Crippen LogP contribution in [0.15, 0.2) is 0 Å². The second kappa shape index (κ2) is 2.60. The number of carbonyl (C=O) groups is 1. The van der Waals surface area contributed by atoms with E-state index in [1.54, 1.807) is 0 Å². The molecule has 1 rings (SSSR count). The van der Waals surface area contributed by atoms with E-state index in [0.29, 0.717) is 5.92 Å². The second-order valence-corrected chi connectivity index (χ2v) is 3.26. The van der Waals surface area contributed by atoms with E-state index in [2.05, 4.69) is 6.92 Å². The largest absolute Gasteiger partial charge is 0.462 e. The molecule has 2 nitrogen and oxygen atoms in total. The predicted molar refractivity (Wildman–Crippen MR) is 38.5 cm³/mol. The maximum atomic E-state index is 10.9. The summed E-state index contributed by atoms with van der Waals surface area (Å²) in [7, 11) is 0. The van der Waals surface area contributed by atoms with Crippen LogP contribution < -0.4 is 0 Å². The summed E-state index contributed by atoms with van der Waals surface area (Å²) < 4.78 is 5.07. The Hall–Kier alpha value is -0.530. The molecule has 0 amide bonds. The smallest absolute Gasteiger partial charge is 0.308 e. The van der Waals surface area contributed by atoms with Crippen LogP contribution in [0.25, 0.3) is 0 Å². The van der Waals surface area contributed by atoms with Gasteiger partial charge in [0.1, 0.15) is 6.10 Å². The van der Waals surface area contributed by atoms with Gasteiger partial charge in [0.05, 0.1) is 5.92 Å². The molecule has 0 aromatic carbocycles. The van der Waals surface area contributed by atoms with Gasteiger partial charge in [-0.1, -0.05) is 13.8 Å². The van der Waals surface area contributed by atoms with Gasteiger partial charge in [-0.3, -0.25) is 4.79 Å². The number of carbonyl (C=O) groups excluding carboxylic acids is 1. The first-order valence-electron chi connectivity index (χ1n) is 3.81. The Kier molecular flexibility index (Phi) is 1.97. The number of esters is 1. The maximum Gasteiger partial charge on any atom is 0.308 e. The van der Waals surface area contributed by atoms with Crippen molar-refractivity contribution in [2.24, 2.45) is 11.8 Å². The van der Waals surface area contributed by atoms with Crippen LogP contribution in [0.1, 0.15) is 27.2 Å². The zero-order valence-electron chi connectivity index (χ0n) is 6.76. The lowest BCUT2D eigenvalue weighted by Gasteiger charge is -2.29. The highest BCUT2D eigenvalue weighted by Crippen LogP contribution is 2.24. The highest BCUT2D eigenvalue weighted by atomic mass is 16.5. The Labute approximate surface area is 61.6 Å². The molecule has 1 saturated heterocycles. The van der Waals surface area contributed by atoms with Crippen molar-refractivity contribution < 1.29 is 9.53 Å². The van der Waals surface area contributed by atoms with Gasteiger partial charge in [-0.25, -0.2) is 0 Å². The Morgan fingerprint density at radius 1 is 1.40 bits per heavy atom. The number of cyclic esters (lactones) is 1. The quantitative estimate of drug-likeness (QED) is 0.480. The molecular weight excluding hydrogens is 128 g/mol. The second-order valence-electron chi connectivity index (χ2n) is 3.26. The van der Waals surface area contributed by atoms with E-state index in [9.17, 15) is 4.79 Å². The van der Waals surface area contributed by atoms with Gasteiger partial charge in [0, 0.05) is 0 Å². The van der Waals surface area contributed by atoms with Gasteiger partial charge in [0.15, 0.2) is 0 Å². The van der Waals surface area contributed by atoms with Crippen LogP contribution in [0.2, 0.25) is 0 Å². The van der Waals surface area contributed by atoms with Gasteiger partial charge in [-0.15, -0.1) is 0 Å². The van der Waals surface area contributed by atoms with Crippen molar-refractivity contribution in [1.82, 2.24) is 0 Å². The minimum Gasteiger partial charge on any atom is -0.462 e. The van der Waals surface area contributed by atoms with Gasteiger partial charge in [0.2, 0.25) is 0 Å². The molecule has 0 saturated carbocycles. The number of hydrogen-bond acceptors (Lipinski definition) is 2. The third-order valence-electron chi connectivity index (χ3n) is 2.23. The van der Waals surface area contributed by atoms with Crippen molar-refractivity contribution in [3.63, 3.8) is 0 Å². The minimum absolute atomic E-state index is 0.0365. The summed E-state index contributed by atoms with van der Waals surface area (Å²) in [6.07, 6.45) is 1.09. The lowest BCUT2D eigenvalue weighted by atomic mass is 9.91. The van der Waals surface area contributed by atoms with Crippen LogP contribution in [0.4, 0.5) is 0 Å². The molecule has 2 heteroatoms. The summed E-state index contributed by atoms with van der Waals surface area (Å²) in [4.78, 5) is 10.9. The van der Waals surface area contributed by atoms with E-state index in [4.69, 9.17) is 4.74 Å². The third kappa shape index (κ3) is 1.31. The standard InChI is InChI=1S/C8H14O2/c1-5-4-6(2)8(9)10-7(5)3/h5-7H,4H2,1-3H3/t5-,6-,7+/m1/s1. The summed E-state index contributed by atoms with van der Waals surface area (Å²) in [6.45, 7) is 5.99. The van der Waals surface area contributed by atoms with Gasteiger partial charge < -0.3 is 4.74 Å². The van der Waals surface area contributed by atoms with Gasteiger partial charge >= 0.3 is 5.97 Å². The molecule has 0 radical (unpaired) electrons. The van der Waals surface area contributed by atoms with Crippen LogP contribution in [0.3, 0.4) is 0 Å². The zero-order chi connectivity index (χ0) is 7.72. The van der Waals surface area contributed by atoms with Crippen molar-refractivity contribution in [1.29, 1.82) is 0 Å². The fourth-order valence-electron chi connectivity index (χ4n) is 1.26. The Morgan fingerprint density at radius 3 is 2.50 bits per heavy atom. The zero-order valence-corrected chi connectivity index (χ0v) is 6.76. The van der Waals surface area contributed by atoms with Gasteiger partial charge in [-0.05, 0) is 19.3 Å². The SMILES string of the molecule is C[C@@H]1C[C@@H](C)[C@H](C)OC1=O. The minimum atomic E-state index is -0.0365. The third-order valence-corrected chi connectivity index (χ3v) is 2.23. The molecule has 58 valence electrons. The molecule has 0 bridgehead atoms. The van der Waals surface area contributed by atoms with Crippen LogP contribution in [-0.2, 0) is 9.53 Å². The van der Waals surface area contributed by atoms with Crippen molar-refractivity contribution in [2.45, 2.75) is 33.3 Å². The van der Waals surface area contributed by atoms with Crippen molar-refractivity contribution >= 4 is 5.97 Å². The monoisotopic (exact) mass is 142 g/mol. The molecular formula is C8H14O2. The summed E-state index contributed by atoms with van der Waals surface area (Å²) in [5.41, 5.74) is 0. The molecule has 3 atom stereocenters. The molecule has 0 aromatic heterocycles. The molecule has 1 aliphatic rings. The normalized spacial score (nSPS) is 41.1. The number of hydrogen-bond donors (Lipinski definition) is 0. The first kappa shape index (κ1) is 7.58. The first-order valence-corrected chi connectivity index (χ1v) is 3.81. The molecule has 0 unspecified atom stereocenters. The van der Waals surface area contributed by atoms with Gasteiger partial charge in [0.25, 0.3) is 0 Å². The van der Waals surface area contributed by atoms with Crippen LogP contribution >= 0.6 is 0 Å². The summed E-state index contributed by atoms with van der Waals surface area (Å²) >= 11 is 0. The molecule has 1 aliphatic heterocycles. The average molecular weight is 142 g/mol. The Morgan fingerprint density at radius 2 is 2.00 bits per heavy atom. The van der Waals surface area contributed by atoms with Crippen molar-refractivity contribution in [3.05, 3.63) is 0 Å². The lowest BCUT2D eigenvalue weighted by Crippen LogP contribution is -2.33. The highest BCUT2D eigenvalue weighted by molar-refractivity contribution is 5.72. The van der Waals surface area contributed by atoms with E-state index in [-0.39, 0.29) is 18.0 Å². The topological polar surface area (TPSA) is 26.3 Å². The fourth-order valence-corrected chi connectivity index (χ4v) is 1.26. The van der Waals surface area contributed by atoms with Crippen molar-refractivity contribution in [3.8, 4) is 0 Å². The molecule has 0 aliphatic carbocycles. The molecule has 1 fully saturated rings. The van der Waals surface area contributed by atoms with Crippen LogP contribution in [0, 0.1) is 11.8 Å². The molecule has 1 heterocycles. The Bertz CT molecular complexity index is 142. The summed E-state index contributed by atoms with van der Waals surface area (Å²) in [5.74, 6) is 0.587. The van der Waals surface area contributed by atoms with E-state index in [1.165, 1.54) is 0 Å².